The summed E-state index contributed by atoms with van der Waals surface area (Å²) >= 11 is 0. The average molecular weight is 290 g/mol. The van der Waals surface area contributed by atoms with E-state index in [1.54, 1.807) is 0 Å². The molecule has 0 amide bonds. The second-order valence-electron chi connectivity index (χ2n) is 5.88. The third kappa shape index (κ3) is 1.75. The molecule has 0 saturated carbocycles. The SMILES string of the molecule is CCc1cc2c3nc4c(C)cccc4c3cc[n+]2[nH]c1CC. The van der Waals surface area contributed by atoms with Crippen LogP contribution in [-0.2, 0) is 12.8 Å². The maximum Gasteiger partial charge on any atom is 0.262 e. The van der Waals surface area contributed by atoms with E-state index in [0.717, 1.165) is 29.4 Å². The number of pyridine rings is 1. The number of fused-ring (bicyclic) bond motifs is 5. The molecule has 0 bridgehead atoms. The molecule has 22 heavy (non-hydrogen) atoms. The molecule has 3 heteroatoms. The molecular weight excluding hydrogens is 270 g/mol. The number of benzene rings is 1. The van der Waals surface area contributed by atoms with Crippen molar-refractivity contribution in [2.45, 2.75) is 33.6 Å². The summed E-state index contributed by atoms with van der Waals surface area (Å²) in [4.78, 5) is 4.93. The van der Waals surface area contributed by atoms with Gasteiger partial charge in [0.05, 0.1) is 11.2 Å². The smallest absolute Gasteiger partial charge is 0.240 e. The van der Waals surface area contributed by atoms with Gasteiger partial charge in [-0.15, -0.1) is 0 Å². The Kier molecular flexibility index (Phi) is 2.89. The number of nitrogens with zero attached hydrogens (tertiary/aromatic N) is 2. The predicted molar refractivity (Wildman–Crippen MR) is 90.3 cm³/mol. The van der Waals surface area contributed by atoms with Crippen LogP contribution in [0.2, 0.25) is 0 Å². The van der Waals surface area contributed by atoms with Crippen LogP contribution in [-0.4, -0.2) is 10.1 Å². The van der Waals surface area contributed by atoms with Gasteiger partial charge in [-0.3, -0.25) is 0 Å². The quantitative estimate of drug-likeness (QED) is 0.558. The zero-order chi connectivity index (χ0) is 15.3. The standard InChI is InChI=1S/C19H19N3/c1-4-13-11-17-19-15(9-10-22(17)21-16(13)5-2)14-8-6-7-12(3)18(14)20-19/h6-11H,4-5H2,1-3H3/p+1. The number of aromatic amines is 1. The van der Waals surface area contributed by atoms with Crippen molar-refractivity contribution in [1.29, 1.82) is 0 Å². The molecule has 0 aliphatic rings. The van der Waals surface area contributed by atoms with Crippen molar-refractivity contribution in [3.05, 3.63) is 53.3 Å². The first-order valence-electron chi connectivity index (χ1n) is 7.97. The molecule has 1 N–H and O–H groups in total. The van der Waals surface area contributed by atoms with E-state index in [4.69, 9.17) is 4.98 Å². The van der Waals surface area contributed by atoms with Gasteiger partial charge in [-0.2, -0.15) is 5.10 Å². The summed E-state index contributed by atoms with van der Waals surface area (Å²) in [5.74, 6) is 0. The molecule has 0 aliphatic carbocycles. The Bertz CT molecular complexity index is 1010. The number of para-hydroxylation sites is 1. The third-order valence-corrected chi connectivity index (χ3v) is 4.59. The van der Waals surface area contributed by atoms with Crippen molar-refractivity contribution < 1.29 is 4.52 Å². The first kappa shape index (κ1) is 13.3. The highest BCUT2D eigenvalue weighted by molar-refractivity contribution is 6.11. The van der Waals surface area contributed by atoms with Crippen LogP contribution in [0.15, 0.2) is 36.5 Å². The van der Waals surface area contributed by atoms with Crippen molar-refractivity contribution in [3.8, 4) is 0 Å². The Hall–Kier alpha value is -2.42. The molecule has 0 radical (unpaired) electrons. The molecule has 110 valence electrons. The number of aromatic nitrogens is 3. The van der Waals surface area contributed by atoms with E-state index in [2.05, 4.69) is 66.9 Å². The fourth-order valence-electron chi connectivity index (χ4n) is 3.36. The Balaban J connectivity index is 2.18. The van der Waals surface area contributed by atoms with Crippen molar-refractivity contribution >= 4 is 27.3 Å². The average Bonchev–Trinajstić information content (AvgIpc) is 2.94. The maximum absolute atomic E-state index is 4.93. The van der Waals surface area contributed by atoms with E-state index in [1.807, 2.05) is 0 Å². The minimum atomic E-state index is 1.01. The molecule has 3 nitrogen and oxygen atoms in total. The summed E-state index contributed by atoms with van der Waals surface area (Å²) < 4.78 is 2.10. The van der Waals surface area contributed by atoms with E-state index in [9.17, 15) is 0 Å². The summed E-state index contributed by atoms with van der Waals surface area (Å²) in [7, 11) is 0. The van der Waals surface area contributed by atoms with Crippen LogP contribution in [0, 0.1) is 6.92 Å². The van der Waals surface area contributed by atoms with Gasteiger partial charge in [0, 0.05) is 22.9 Å². The molecule has 0 aliphatic heterocycles. The van der Waals surface area contributed by atoms with E-state index in [1.165, 1.54) is 27.6 Å². The van der Waals surface area contributed by atoms with Crippen LogP contribution < -0.4 is 4.52 Å². The Morgan fingerprint density at radius 2 is 1.86 bits per heavy atom. The second-order valence-corrected chi connectivity index (χ2v) is 5.88. The van der Waals surface area contributed by atoms with E-state index >= 15 is 0 Å². The monoisotopic (exact) mass is 290 g/mol. The van der Waals surface area contributed by atoms with Gasteiger partial charge in [-0.1, -0.05) is 36.6 Å². The summed E-state index contributed by atoms with van der Waals surface area (Å²) in [5, 5.41) is 6.00. The summed E-state index contributed by atoms with van der Waals surface area (Å²) in [6.07, 6.45) is 4.16. The minimum absolute atomic E-state index is 1.01. The molecule has 0 saturated heterocycles. The Morgan fingerprint density at radius 1 is 1.05 bits per heavy atom. The normalized spacial score (nSPS) is 11.8. The highest BCUT2D eigenvalue weighted by Crippen LogP contribution is 2.28. The number of hydrogen-bond acceptors (Lipinski definition) is 1. The molecule has 4 aromatic rings. The zero-order valence-electron chi connectivity index (χ0n) is 13.3. The molecule has 0 spiro atoms. The topological polar surface area (TPSA) is 32.8 Å². The van der Waals surface area contributed by atoms with Gasteiger partial charge in [0.1, 0.15) is 5.52 Å². The lowest BCUT2D eigenvalue weighted by Gasteiger charge is -2.04. The number of rotatable bonds is 2. The lowest BCUT2D eigenvalue weighted by Crippen LogP contribution is -2.28. The first-order valence-corrected chi connectivity index (χ1v) is 7.97. The number of nitrogens with one attached hydrogen (secondary N) is 1. The minimum Gasteiger partial charge on any atom is -0.240 e. The lowest BCUT2D eigenvalue weighted by atomic mass is 10.1. The van der Waals surface area contributed by atoms with Gasteiger partial charge >= 0.3 is 0 Å². The van der Waals surface area contributed by atoms with Crippen molar-refractivity contribution in [2.24, 2.45) is 0 Å². The highest BCUT2D eigenvalue weighted by Gasteiger charge is 2.17. The summed E-state index contributed by atoms with van der Waals surface area (Å²) in [5.41, 5.74) is 7.26. The zero-order valence-corrected chi connectivity index (χ0v) is 13.3. The lowest BCUT2D eigenvalue weighted by molar-refractivity contribution is -0.580. The predicted octanol–water partition coefficient (Wildman–Crippen LogP) is 3.89. The number of aryl methyl sites for hydroxylation is 3. The molecule has 3 aromatic heterocycles. The number of H-pyrrole nitrogens is 1. The fourth-order valence-corrected chi connectivity index (χ4v) is 3.36. The molecule has 0 unspecified atom stereocenters. The highest BCUT2D eigenvalue weighted by atomic mass is 15.2. The molecular formula is C19H20N3+. The summed E-state index contributed by atoms with van der Waals surface area (Å²) in [6, 6.07) is 10.9. The van der Waals surface area contributed by atoms with Crippen molar-refractivity contribution in [2.75, 3.05) is 0 Å². The molecule has 3 heterocycles. The number of hydrogen-bond donors (Lipinski definition) is 1. The van der Waals surface area contributed by atoms with Gasteiger partial charge in [0.2, 0.25) is 6.20 Å². The maximum atomic E-state index is 4.93. The van der Waals surface area contributed by atoms with Crippen LogP contribution in [0.4, 0.5) is 0 Å². The van der Waals surface area contributed by atoms with Crippen LogP contribution in [0.5, 0.6) is 0 Å². The van der Waals surface area contributed by atoms with Crippen LogP contribution in [0.3, 0.4) is 0 Å². The van der Waals surface area contributed by atoms with Gasteiger partial charge in [-0.05, 0) is 30.9 Å². The van der Waals surface area contributed by atoms with Gasteiger partial charge in [0.15, 0.2) is 0 Å². The first-order chi connectivity index (χ1) is 10.7. The third-order valence-electron chi connectivity index (χ3n) is 4.59. The van der Waals surface area contributed by atoms with Gasteiger partial charge < -0.3 is 0 Å². The van der Waals surface area contributed by atoms with Crippen molar-refractivity contribution in [3.63, 3.8) is 0 Å². The Labute approximate surface area is 129 Å². The van der Waals surface area contributed by atoms with Crippen LogP contribution >= 0.6 is 0 Å². The molecule has 4 rings (SSSR count). The van der Waals surface area contributed by atoms with E-state index in [0.29, 0.717) is 0 Å². The van der Waals surface area contributed by atoms with E-state index in [-0.39, 0.29) is 0 Å². The van der Waals surface area contributed by atoms with Crippen molar-refractivity contribution in [1.82, 2.24) is 10.1 Å². The summed E-state index contributed by atoms with van der Waals surface area (Å²) in [6.45, 7) is 6.52. The van der Waals surface area contributed by atoms with E-state index < -0.39 is 0 Å². The van der Waals surface area contributed by atoms with Crippen LogP contribution in [0.1, 0.15) is 30.7 Å². The van der Waals surface area contributed by atoms with Gasteiger partial charge in [-0.25, -0.2) is 4.98 Å². The van der Waals surface area contributed by atoms with Gasteiger partial charge in [0.25, 0.3) is 5.52 Å². The largest absolute Gasteiger partial charge is 0.262 e. The van der Waals surface area contributed by atoms with Crippen LogP contribution in [0.25, 0.3) is 27.3 Å². The molecule has 0 fully saturated rings. The molecule has 0 atom stereocenters. The molecule has 1 aromatic carbocycles. The second kappa shape index (κ2) is 4.80. The fraction of sp³-hybridized carbons (Fsp3) is 0.263. The Morgan fingerprint density at radius 3 is 2.64 bits per heavy atom.